The predicted molar refractivity (Wildman–Crippen MR) is 53.4 cm³/mol. The smallest absolute Gasteiger partial charge is 0.0800 e. The molecule has 76 valence electrons. The number of nitrogens with two attached hydrogens (primary N) is 1. The molecule has 0 saturated heterocycles. The van der Waals surface area contributed by atoms with E-state index in [1.807, 2.05) is 0 Å². The molecule has 0 amide bonds. The zero-order valence-corrected chi connectivity index (χ0v) is 8.34. The lowest BCUT2D eigenvalue weighted by Crippen LogP contribution is -2.56. The average molecular weight is 183 g/mol. The van der Waals surface area contributed by atoms with E-state index in [-0.39, 0.29) is 6.04 Å². The van der Waals surface area contributed by atoms with Gasteiger partial charge in [-0.3, -0.25) is 0 Å². The lowest BCUT2D eigenvalue weighted by Gasteiger charge is -2.45. The SMILES string of the molecule is NC(C1CCCCC1)C1(O)CCC1. The van der Waals surface area contributed by atoms with Crippen molar-refractivity contribution in [1.82, 2.24) is 0 Å². The van der Waals surface area contributed by atoms with Crippen LogP contribution in [0.1, 0.15) is 51.4 Å². The van der Waals surface area contributed by atoms with Gasteiger partial charge in [-0.2, -0.15) is 0 Å². The first kappa shape index (κ1) is 9.47. The van der Waals surface area contributed by atoms with Gasteiger partial charge in [-0.25, -0.2) is 0 Å². The molecule has 0 heterocycles. The van der Waals surface area contributed by atoms with E-state index in [0.29, 0.717) is 5.92 Å². The highest BCUT2D eigenvalue weighted by molar-refractivity contribution is 4.99. The van der Waals surface area contributed by atoms with Crippen LogP contribution in [0.4, 0.5) is 0 Å². The Kier molecular flexibility index (Phi) is 2.61. The Morgan fingerprint density at radius 1 is 1.08 bits per heavy atom. The molecule has 2 saturated carbocycles. The van der Waals surface area contributed by atoms with Gasteiger partial charge in [-0.05, 0) is 38.0 Å². The largest absolute Gasteiger partial charge is 0.388 e. The van der Waals surface area contributed by atoms with E-state index in [1.54, 1.807) is 0 Å². The predicted octanol–water partition coefficient (Wildman–Crippen LogP) is 1.81. The normalized spacial score (nSPS) is 30.9. The molecule has 1 atom stereocenters. The van der Waals surface area contributed by atoms with Crippen LogP contribution in [-0.4, -0.2) is 16.7 Å². The van der Waals surface area contributed by atoms with E-state index in [1.165, 1.54) is 32.1 Å². The van der Waals surface area contributed by atoms with E-state index in [0.717, 1.165) is 19.3 Å². The fourth-order valence-electron chi connectivity index (χ4n) is 2.80. The Balaban J connectivity index is 1.90. The topological polar surface area (TPSA) is 46.2 Å². The van der Waals surface area contributed by atoms with Crippen LogP contribution in [-0.2, 0) is 0 Å². The van der Waals surface area contributed by atoms with Crippen molar-refractivity contribution < 1.29 is 5.11 Å². The molecule has 0 spiro atoms. The minimum atomic E-state index is -0.484. The van der Waals surface area contributed by atoms with Crippen molar-refractivity contribution in [1.29, 1.82) is 0 Å². The van der Waals surface area contributed by atoms with Crippen LogP contribution in [0.25, 0.3) is 0 Å². The first-order valence-corrected chi connectivity index (χ1v) is 5.70. The lowest BCUT2D eigenvalue weighted by atomic mass is 9.68. The lowest BCUT2D eigenvalue weighted by molar-refractivity contribution is -0.0730. The Hall–Kier alpha value is -0.0800. The molecule has 2 aliphatic rings. The summed E-state index contributed by atoms with van der Waals surface area (Å²) in [5, 5.41) is 10.1. The molecule has 0 radical (unpaired) electrons. The minimum Gasteiger partial charge on any atom is -0.388 e. The molecule has 0 aliphatic heterocycles. The summed E-state index contributed by atoms with van der Waals surface area (Å²) in [5.74, 6) is 0.596. The number of rotatable bonds is 2. The average Bonchev–Trinajstić information content (AvgIpc) is 2.14. The van der Waals surface area contributed by atoms with E-state index in [9.17, 15) is 5.11 Å². The third-order valence-electron chi connectivity index (χ3n) is 4.00. The van der Waals surface area contributed by atoms with Crippen molar-refractivity contribution in [3.05, 3.63) is 0 Å². The monoisotopic (exact) mass is 183 g/mol. The van der Waals surface area contributed by atoms with Crippen molar-refractivity contribution in [3.8, 4) is 0 Å². The third kappa shape index (κ3) is 1.75. The minimum absolute atomic E-state index is 0.0570. The van der Waals surface area contributed by atoms with Crippen molar-refractivity contribution in [2.24, 2.45) is 11.7 Å². The van der Waals surface area contributed by atoms with Crippen LogP contribution < -0.4 is 5.73 Å². The molecular formula is C11H21NO. The van der Waals surface area contributed by atoms with Gasteiger partial charge in [-0.1, -0.05) is 19.3 Å². The molecule has 0 aromatic carbocycles. The first-order valence-electron chi connectivity index (χ1n) is 5.70. The van der Waals surface area contributed by atoms with Crippen LogP contribution in [0.15, 0.2) is 0 Å². The quantitative estimate of drug-likeness (QED) is 0.686. The standard InChI is InChI=1S/C11H21NO/c12-10(11(13)7-4-8-11)9-5-2-1-3-6-9/h9-10,13H,1-8,12H2. The maximum atomic E-state index is 10.1. The van der Waals surface area contributed by atoms with Crippen LogP contribution in [0.2, 0.25) is 0 Å². The Labute approximate surface area is 80.5 Å². The summed E-state index contributed by atoms with van der Waals surface area (Å²) in [4.78, 5) is 0. The van der Waals surface area contributed by atoms with E-state index in [4.69, 9.17) is 5.73 Å². The third-order valence-corrected chi connectivity index (χ3v) is 4.00. The molecule has 3 N–H and O–H groups in total. The first-order chi connectivity index (χ1) is 6.22. The highest BCUT2D eigenvalue weighted by Gasteiger charge is 2.43. The number of hydrogen-bond donors (Lipinski definition) is 2. The summed E-state index contributed by atoms with van der Waals surface area (Å²) in [6.45, 7) is 0. The van der Waals surface area contributed by atoms with Gasteiger partial charge in [0.2, 0.25) is 0 Å². The van der Waals surface area contributed by atoms with Crippen LogP contribution >= 0.6 is 0 Å². The van der Waals surface area contributed by atoms with Crippen molar-refractivity contribution in [3.63, 3.8) is 0 Å². The van der Waals surface area contributed by atoms with Crippen LogP contribution in [0, 0.1) is 5.92 Å². The summed E-state index contributed by atoms with van der Waals surface area (Å²) in [7, 11) is 0. The summed E-state index contributed by atoms with van der Waals surface area (Å²) in [6.07, 6.45) is 9.50. The van der Waals surface area contributed by atoms with Crippen LogP contribution in [0.3, 0.4) is 0 Å². The Morgan fingerprint density at radius 2 is 1.69 bits per heavy atom. The number of hydrogen-bond acceptors (Lipinski definition) is 2. The molecular weight excluding hydrogens is 162 g/mol. The maximum Gasteiger partial charge on any atom is 0.0800 e. The van der Waals surface area contributed by atoms with Gasteiger partial charge in [0.25, 0.3) is 0 Å². The van der Waals surface area contributed by atoms with Gasteiger partial charge in [0.05, 0.1) is 5.60 Å². The van der Waals surface area contributed by atoms with Gasteiger partial charge in [-0.15, -0.1) is 0 Å². The van der Waals surface area contributed by atoms with Crippen molar-refractivity contribution in [2.45, 2.75) is 63.0 Å². The van der Waals surface area contributed by atoms with E-state index < -0.39 is 5.60 Å². The molecule has 2 aliphatic carbocycles. The van der Waals surface area contributed by atoms with Gasteiger partial charge >= 0.3 is 0 Å². The zero-order valence-electron chi connectivity index (χ0n) is 8.34. The Morgan fingerprint density at radius 3 is 2.15 bits per heavy atom. The van der Waals surface area contributed by atoms with Crippen molar-refractivity contribution >= 4 is 0 Å². The molecule has 1 unspecified atom stereocenters. The molecule has 13 heavy (non-hydrogen) atoms. The summed E-state index contributed by atoms with van der Waals surface area (Å²) < 4.78 is 0. The van der Waals surface area contributed by atoms with Gasteiger partial charge in [0, 0.05) is 6.04 Å². The molecule has 2 heteroatoms. The fraction of sp³-hybridized carbons (Fsp3) is 1.00. The summed E-state index contributed by atoms with van der Waals surface area (Å²) in [5.41, 5.74) is 5.65. The maximum absolute atomic E-state index is 10.1. The molecule has 0 aromatic rings. The van der Waals surface area contributed by atoms with Gasteiger partial charge in [0.15, 0.2) is 0 Å². The van der Waals surface area contributed by atoms with Gasteiger partial charge in [0.1, 0.15) is 0 Å². The molecule has 0 bridgehead atoms. The molecule has 2 rings (SSSR count). The Bertz CT molecular complexity index is 171. The molecule has 0 aromatic heterocycles. The summed E-state index contributed by atoms with van der Waals surface area (Å²) in [6, 6.07) is 0.0570. The fourth-order valence-corrected chi connectivity index (χ4v) is 2.80. The second-order valence-electron chi connectivity index (χ2n) is 4.88. The molecule has 2 fully saturated rings. The highest BCUT2D eigenvalue weighted by atomic mass is 16.3. The van der Waals surface area contributed by atoms with Gasteiger partial charge < -0.3 is 10.8 Å². The van der Waals surface area contributed by atoms with Crippen molar-refractivity contribution in [2.75, 3.05) is 0 Å². The van der Waals surface area contributed by atoms with Crippen LogP contribution in [0.5, 0.6) is 0 Å². The van der Waals surface area contributed by atoms with E-state index in [2.05, 4.69) is 0 Å². The number of aliphatic hydroxyl groups is 1. The summed E-state index contributed by atoms with van der Waals surface area (Å²) >= 11 is 0. The molecule has 2 nitrogen and oxygen atoms in total. The second kappa shape index (κ2) is 3.58. The highest BCUT2D eigenvalue weighted by Crippen LogP contribution is 2.40. The second-order valence-corrected chi connectivity index (χ2v) is 4.88. The zero-order chi connectivity index (χ0) is 9.31. The van der Waals surface area contributed by atoms with E-state index >= 15 is 0 Å².